The van der Waals surface area contributed by atoms with Crippen LogP contribution < -0.4 is 0 Å². The van der Waals surface area contributed by atoms with Crippen LogP contribution >= 0.6 is 11.8 Å². The molecule has 1 N–H and O–H groups in total. The first kappa shape index (κ1) is 13.4. The molecule has 90 valence electrons. The number of hydrogen-bond donors (Lipinski definition) is 1. The van der Waals surface area contributed by atoms with Crippen LogP contribution in [0.1, 0.15) is 49.5 Å². The maximum atomic E-state index is 9.52. The van der Waals surface area contributed by atoms with Gasteiger partial charge in [-0.2, -0.15) is 11.8 Å². The number of thioether (sulfide) groups is 1. The molecule has 1 aromatic carbocycles. The molecule has 0 saturated carbocycles. The minimum Gasteiger partial charge on any atom is -0.508 e. The molecule has 0 bridgehead atoms. The smallest absolute Gasteiger partial charge is 0.118 e. The second kappa shape index (κ2) is 6.85. The summed E-state index contributed by atoms with van der Waals surface area (Å²) in [5.74, 6) is 1.55. The SMILES string of the molecule is CCCCC(SCC)c1ccc(O)c(C)c1. The van der Waals surface area contributed by atoms with Gasteiger partial charge in [-0.15, -0.1) is 0 Å². The molecule has 0 fully saturated rings. The van der Waals surface area contributed by atoms with E-state index in [1.54, 1.807) is 0 Å². The number of hydrogen-bond acceptors (Lipinski definition) is 2. The molecule has 1 unspecified atom stereocenters. The Bertz CT molecular complexity index is 323. The van der Waals surface area contributed by atoms with E-state index in [9.17, 15) is 5.11 Å². The number of aromatic hydroxyl groups is 1. The summed E-state index contributed by atoms with van der Waals surface area (Å²) >= 11 is 2.00. The number of phenolic OH excluding ortho intramolecular Hbond substituents is 1. The third-order valence-electron chi connectivity index (χ3n) is 2.78. The predicted molar refractivity (Wildman–Crippen MR) is 73.2 cm³/mol. The topological polar surface area (TPSA) is 20.2 Å². The summed E-state index contributed by atoms with van der Waals surface area (Å²) in [5.41, 5.74) is 2.34. The van der Waals surface area contributed by atoms with Gasteiger partial charge in [-0.25, -0.2) is 0 Å². The van der Waals surface area contributed by atoms with Crippen molar-refractivity contribution in [2.75, 3.05) is 5.75 Å². The van der Waals surface area contributed by atoms with Gasteiger partial charge in [-0.1, -0.05) is 38.8 Å². The first-order valence-electron chi connectivity index (χ1n) is 6.10. The second-order valence-electron chi connectivity index (χ2n) is 4.13. The molecule has 1 nitrogen and oxygen atoms in total. The average Bonchev–Trinajstić information content (AvgIpc) is 2.28. The normalized spacial score (nSPS) is 12.7. The molecule has 0 saturated heterocycles. The number of benzene rings is 1. The van der Waals surface area contributed by atoms with Crippen LogP contribution in [0.15, 0.2) is 18.2 Å². The summed E-state index contributed by atoms with van der Waals surface area (Å²) in [7, 11) is 0. The molecule has 0 radical (unpaired) electrons. The van der Waals surface area contributed by atoms with Gasteiger partial charge in [0.05, 0.1) is 0 Å². The Hall–Kier alpha value is -0.630. The van der Waals surface area contributed by atoms with Crippen molar-refractivity contribution in [3.63, 3.8) is 0 Å². The fraction of sp³-hybridized carbons (Fsp3) is 0.571. The van der Waals surface area contributed by atoms with Crippen molar-refractivity contribution in [1.82, 2.24) is 0 Å². The number of rotatable bonds is 6. The van der Waals surface area contributed by atoms with Crippen molar-refractivity contribution in [2.24, 2.45) is 0 Å². The lowest BCUT2D eigenvalue weighted by atomic mass is 10.0. The number of phenols is 1. The summed E-state index contributed by atoms with van der Waals surface area (Å²) in [4.78, 5) is 0. The first-order chi connectivity index (χ1) is 7.69. The van der Waals surface area contributed by atoms with Gasteiger partial charge < -0.3 is 5.11 Å². The minimum absolute atomic E-state index is 0.402. The Balaban J connectivity index is 2.78. The van der Waals surface area contributed by atoms with Crippen molar-refractivity contribution in [3.05, 3.63) is 29.3 Å². The average molecular weight is 238 g/mol. The molecule has 0 aromatic heterocycles. The molecule has 1 atom stereocenters. The summed E-state index contributed by atoms with van der Waals surface area (Å²) in [6.45, 7) is 6.40. The van der Waals surface area contributed by atoms with Gasteiger partial charge >= 0.3 is 0 Å². The minimum atomic E-state index is 0.402. The van der Waals surface area contributed by atoms with Gasteiger partial charge in [0.1, 0.15) is 5.75 Å². The fourth-order valence-corrected chi connectivity index (χ4v) is 2.89. The molecule has 0 amide bonds. The van der Waals surface area contributed by atoms with Gasteiger partial charge in [0.25, 0.3) is 0 Å². The van der Waals surface area contributed by atoms with Crippen LogP contribution in [0.3, 0.4) is 0 Å². The lowest BCUT2D eigenvalue weighted by molar-refractivity contribution is 0.470. The number of unbranched alkanes of at least 4 members (excludes halogenated alkanes) is 1. The molecule has 0 spiro atoms. The van der Waals surface area contributed by atoms with E-state index in [0.29, 0.717) is 11.0 Å². The zero-order chi connectivity index (χ0) is 12.0. The molecule has 0 aliphatic rings. The molecule has 0 aliphatic carbocycles. The summed E-state index contributed by atoms with van der Waals surface area (Å²) in [6.07, 6.45) is 3.76. The highest BCUT2D eigenvalue weighted by molar-refractivity contribution is 7.99. The van der Waals surface area contributed by atoms with Gasteiger partial charge in [0.15, 0.2) is 0 Å². The lowest BCUT2D eigenvalue weighted by Crippen LogP contribution is -1.95. The molecular formula is C14H22OS. The molecular weight excluding hydrogens is 216 g/mol. The van der Waals surface area contributed by atoms with Crippen LogP contribution in [-0.2, 0) is 0 Å². The monoisotopic (exact) mass is 238 g/mol. The van der Waals surface area contributed by atoms with Crippen LogP contribution in [0.25, 0.3) is 0 Å². The van der Waals surface area contributed by atoms with Crippen molar-refractivity contribution >= 4 is 11.8 Å². The Morgan fingerprint density at radius 3 is 2.62 bits per heavy atom. The Morgan fingerprint density at radius 2 is 2.06 bits per heavy atom. The van der Waals surface area contributed by atoms with Crippen LogP contribution in [0.2, 0.25) is 0 Å². The van der Waals surface area contributed by atoms with Crippen LogP contribution in [0.5, 0.6) is 5.75 Å². The van der Waals surface area contributed by atoms with Crippen molar-refractivity contribution in [3.8, 4) is 5.75 Å². The van der Waals surface area contributed by atoms with E-state index in [1.165, 1.54) is 24.8 Å². The molecule has 16 heavy (non-hydrogen) atoms. The quantitative estimate of drug-likeness (QED) is 0.776. The lowest BCUT2D eigenvalue weighted by Gasteiger charge is -2.16. The first-order valence-corrected chi connectivity index (χ1v) is 7.15. The predicted octanol–water partition coefficient (Wildman–Crippen LogP) is 4.69. The third kappa shape index (κ3) is 3.75. The van der Waals surface area contributed by atoms with Gasteiger partial charge in [0, 0.05) is 5.25 Å². The maximum Gasteiger partial charge on any atom is 0.118 e. The maximum absolute atomic E-state index is 9.52. The van der Waals surface area contributed by atoms with Crippen molar-refractivity contribution in [2.45, 2.75) is 45.3 Å². The van der Waals surface area contributed by atoms with E-state index >= 15 is 0 Å². The van der Waals surface area contributed by atoms with Gasteiger partial charge in [-0.3, -0.25) is 0 Å². The molecule has 2 heteroatoms. The fourth-order valence-electron chi connectivity index (χ4n) is 1.82. The Labute approximate surface area is 103 Å². The molecule has 1 aromatic rings. The Kier molecular flexibility index (Phi) is 5.75. The van der Waals surface area contributed by atoms with Crippen LogP contribution in [-0.4, -0.2) is 10.9 Å². The summed E-state index contributed by atoms with van der Waals surface area (Å²) in [5, 5.41) is 10.1. The largest absolute Gasteiger partial charge is 0.508 e. The molecule has 0 aliphatic heterocycles. The highest BCUT2D eigenvalue weighted by atomic mass is 32.2. The van der Waals surface area contributed by atoms with Gasteiger partial charge in [-0.05, 0) is 36.3 Å². The number of aryl methyl sites for hydroxylation is 1. The summed E-state index contributed by atoms with van der Waals surface area (Å²) in [6, 6.07) is 6.00. The van der Waals surface area contributed by atoms with Crippen molar-refractivity contribution in [1.29, 1.82) is 0 Å². The van der Waals surface area contributed by atoms with E-state index in [2.05, 4.69) is 26.0 Å². The van der Waals surface area contributed by atoms with E-state index in [0.717, 1.165) is 11.3 Å². The zero-order valence-electron chi connectivity index (χ0n) is 10.5. The summed E-state index contributed by atoms with van der Waals surface area (Å²) < 4.78 is 0. The van der Waals surface area contributed by atoms with E-state index < -0.39 is 0 Å². The van der Waals surface area contributed by atoms with E-state index in [1.807, 2.05) is 24.8 Å². The van der Waals surface area contributed by atoms with Gasteiger partial charge in [0.2, 0.25) is 0 Å². The molecule has 0 heterocycles. The van der Waals surface area contributed by atoms with E-state index in [-0.39, 0.29) is 0 Å². The molecule has 1 rings (SSSR count). The highest BCUT2D eigenvalue weighted by Crippen LogP contribution is 2.35. The van der Waals surface area contributed by atoms with E-state index in [4.69, 9.17) is 0 Å². The third-order valence-corrected chi connectivity index (χ3v) is 4.02. The standard InChI is InChI=1S/C14H22OS/c1-4-6-7-14(16-5-2)12-8-9-13(15)11(3)10-12/h8-10,14-15H,4-7H2,1-3H3. The zero-order valence-corrected chi connectivity index (χ0v) is 11.3. The second-order valence-corrected chi connectivity index (χ2v) is 5.61. The highest BCUT2D eigenvalue weighted by Gasteiger charge is 2.11. The van der Waals surface area contributed by atoms with Crippen LogP contribution in [0.4, 0.5) is 0 Å². The van der Waals surface area contributed by atoms with Crippen LogP contribution in [0, 0.1) is 6.92 Å². The van der Waals surface area contributed by atoms with Crippen molar-refractivity contribution < 1.29 is 5.11 Å². The Morgan fingerprint density at radius 1 is 1.31 bits per heavy atom.